The smallest absolute Gasteiger partial charge is 0.258 e. The molecule has 0 bridgehead atoms. The van der Waals surface area contributed by atoms with Crippen LogP contribution in [0.4, 0.5) is 11.4 Å². The third kappa shape index (κ3) is 3.13. The van der Waals surface area contributed by atoms with Crippen molar-refractivity contribution in [2.24, 2.45) is 4.99 Å². The van der Waals surface area contributed by atoms with Gasteiger partial charge in [0.1, 0.15) is 0 Å². The maximum atomic E-state index is 10.6. The fraction of sp³-hybridized carbons (Fsp3) is 0. The molecule has 0 radical (unpaired) electrons. The van der Waals surface area contributed by atoms with E-state index < -0.39 is 4.92 Å². The molecule has 4 nitrogen and oxygen atoms in total. The van der Waals surface area contributed by atoms with Crippen LogP contribution >= 0.6 is 22.6 Å². The van der Waals surface area contributed by atoms with Gasteiger partial charge in [-0.1, -0.05) is 24.3 Å². The van der Waals surface area contributed by atoms with Gasteiger partial charge in [-0.2, -0.15) is 0 Å². The summed E-state index contributed by atoms with van der Waals surface area (Å²) in [6.45, 7) is 0. The molecule has 5 heteroatoms. The molecule has 0 aromatic heterocycles. The highest BCUT2D eigenvalue weighted by atomic mass is 127. The van der Waals surface area contributed by atoms with E-state index in [9.17, 15) is 10.1 Å². The summed E-state index contributed by atoms with van der Waals surface area (Å²) in [5, 5.41) is 10.6. The minimum atomic E-state index is -0.425. The van der Waals surface area contributed by atoms with Crippen molar-refractivity contribution in [2.75, 3.05) is 0 Å². The van der Waals surface area contributed by atoms with Crippen molar-refractivity contribution < 1.29 is 4.92 Å². The molecule has 2 rings (SSSR count). The Labute approximate surface area is 118 Å². The number of aliphatic imine (C=N–C) groups is 1. The zero-order valence-electron chi connectivity index (χ0n) is 9.29. The van der Waals surface area contributed by atoms with E-state index in [0.29, 0.717) is 5.69 Å². The van der Waals surface area contributed by atoms with Crippen LogP contribution < -0.4 is 0 Å². The zero-order valence-corrected chi connectivity index (χ0v) is 11.4. The van der Waals surface area contributed by atoms with Crippen LogP contribution in [-0.4, -0.2) is 11.1 Å². The molecule has 0 spiro atoms. The molecule has 90 valence electrons. The van der Waals surface area contributed by atoms with Gasteiger partial charge in [0, 0.05) is 27.5 Å². The lowest BCUT2D eigenvalue weighted by atomic mass is 10.2. The number of benzene rings is 2. The van der Waals surface area contributed by atoms with E-state index in [-0.39, 0.29) is 5.69 Å². The van der Waals surface area contributed by atoms with E-state index >= 15 is 0 Å². The molecule has 0 heterocycles. The second-order valence-corrected chi connectivity index (χ2v) is 4.72. The topological polar surface area (TPSA) is 55.5 Å². The number of hydrogen-bond acceptors (Lipinski definition) is 3. The van der Waals surface area contributed by atoms with Crippen molar-refractivity contribution >= 4 is 40.2 Å². The molecule has 18 heavy (non-hydrogen) atoms. The fourth-order valence-electron chi connectivity index (χ4n) is 1.41. The van der Waals surface area contributed by atoms with Gasteiger partial charge in [0.25, 0.3) is 5.69 Å². The summed E-state index contributed by atoms with van der Waals surface area (Å²) < 4.78 is 1.09. The van der Waals surface area contributed by atoms with Crippen LogP contribution in [-0.2, 0) is 0 Å². The van der Waals surface area contributed by atoms with Crippen LogP contribution in [0.3, 0.4) is 0 Å². The van der Waals surface area contributed by atoms with E-state index in [2.05, 4.69) is 27.6 Å². The first-order valence-electron chi connectivity index (χ1n) is 5.20. The normalized spacial score (nSPS) is 10.7. The highest BCUT2D eigenvalue weighted by molar-refractivity contribution is 14.1. The minimum Gasteiger partial charge on any atom is -0.258 e. The number of halogens is 1. The molecule has 0 aliphatic heterocycles. The van der Waals surface area contributed by atoms with Gasteiger partial charge in [0.15, 0.2) is 0 Å². The zero-order chi connectivity index (χ0) is 13.0. The average Bonchev–Trinajstić information content (AvgIpc) is 2.38. The molecule has 2 aromatic rings. The van der Waals surface area contributed by atoms with Crippen LogP contribution in [0.25, 0.3) is 0 Å². The van der Waals surface area contributed by atoms with E-state index in [0.717, 1.165) is 9.13 Å². The van der Waals surface area contributed by atoms with Gasteiger partial charge in [-0.25, -0.2) is 0 Å². The van der Waals surface area contributed by atoms with Crippen LogP contribution in [0.1, 0.15) is 5.56 Å². The Morgan fingerprint density at radius 3 is 2.67 bits per heavy atom. The summed E-state index contributed by atoms with van der Waals surface area (Å²) in [5.74, 6) is 0. The summed E-state index contributed by atoms with van der Waals surface area (Å²) in [4.78, 5) is 14.5. The monoisotopic (exact) mass is 352 g/mol. The van der Waals surface area contributed by atoms with Crippen LogP contribution in [0.2, 0.25) is 0 Å². The van der Waals surface area contributed by atoms with Gasteiger partial charge < -0.3 is 0 Å². The van der Waals surface area contributed by atoms with E-state index in [1.54, 1.807) is 18.3 Å². The predicted octanol–water partition coefficient (Wildman–Crippen LogP) is 3.95. The summed E-state index contributed by atoms with van der Waals surface area (Å²) in [5.41, 5.74) is 1.61. The van der Waals surface area contributed by atoms with Gasteiger partial charge in [-0.05, 0) is 34.7 Å². The second kappa shape index (κ2) is 5.72. The lowest BCUT2D eigenvalue weighted by Gasteiger charge is -1.97. The predicted molar refractivity (Wildman–Crippen MR) is 79.5 cm³/mol. The third-order valence-electron chi connectivity index (χ3n) is 2.30. The maximum absolute atomic E-state index is 10.6. The van der Waals surface area contributed by atoms with Crippen molar-refractivity contribution in [2.45, 2.75) is 0 Å². The first-order chi connectivity index (χ1) is 8.66. The third-order valence-corrected chi connectivity index (χ3v) is 3.28. The van der Waals surface area contributed by atoms with Gasteiger partial charge in [-0.3, -0.25) is 15.1 Å². The molecule has 0 saturated heterocycles. The lowest BCUT2D eigenvalue weighted by molar-refractivity contribution is -0.384. The van der Waals surface area contributed by atoms with Crippen molar-refractivity contribution in [1.29, 1.82) is 0 Å². The summed E-state index contributed by atoms with van der Waals surface area (Å²) in [7, 11) is 0. The van der Waals surface area contributed by atoms with Crippen molar-refractivity contribution in [3.63, 3.8) is 0 Å². The Hall–Kier alpha value is -1.76. The van der Waals surface area contributed by atoms with Gasteiger partial charge in [-0.15, -0.1) is 0 Å². The minimum absolute atomic E-state index is 0.0485. The summed E-state index contributed by atoms with van der Waals surface area (Å²) in [6, 6.07) is 14.1. The van der Waals surface area contributed by atoms with Gasteiger partial charge in [0.2, 0.25) is 0 Å². The van der Waals surface area contributed by atoms with Gasteiger partial charge >= 0.3 is 0 Å². The Balaban J connectivity index is 2.27. The molecular formula is C13H9IN2O2. The molecule has 0 saturated carbocycles. The molecule has 0 unspecified atom stereocenters. The Morgan fingerprint density at radius 1 is 1.17 bits per heavy atom. The molecule has 0 N–H and O–H groups in total. The average molecular weight is 352 g/mol. The molecule has 0 fully saturated rings. The van der Waals surface area contributed by atoms with E-state index in [4.69, 9.17) is 0 Å². The molecular weight excluding hydrogens is 343 g/mol. The first-order valence-corrected chi connectivity index (χ1v) is 6.28. The Bertz CT molecular complexity index is 611. The molecule has 0 atom stereocenters. The number of non-ortho nitro benzene ring substituents is 1. The van der Waals surface area contributed by atoms with Gasteiger partial charge in [0.05, 0.1) is 10.6 Å². The van der Waals surface area contributed by atoms with E-state index in [1.165, 1.54) is 12.1 Å². The Kier molecular flexibility index (Phi) is 4.03. The number of hydrogen-bond donors (Lipinski definition) is 0. The highest BCUT2D eigenvalue weighted by Gasteiger charge is 2.04. The Morgan fingerprint density at radius 2 is 1.94 bits per heavy atom. The molecule has 2 aromatic carbocycles. The fourth-order valence-corrected chi connectivity index (χ4v) is 1.94. The second-order valence-electron chi connectivity index (χ2n) is 3.56. The van der Waals surface area contributed by atoms with Crippen molar-refractivity contribution in [3.05, 3.63) is 67.8 Å². The first kappa shape index (κ1) is 12.7. The SMILES string of the molecule is O=[N+]([O-])c1cccc(N=Cc2ccccc2I)c1. The van der Waals surface area contributed by atoms with Crippen LogP contribution in [0.5, 0.6) is 0 Å². The van der Waals surface area contributed by atoms with Crippen molar-refractivity contribution in [1.82, 2.24) is 0 Å². The van der Waals surface area contributed by atoms with E-state index in [1.807, 2.05) is 24.3 Å². The highest BCUT2D eigenvalue weighted by Crippen LogP contribution is 2.20. The number of nitro groups is 1. The molecule has 0 aliphatic carbocycles. The van der Waals surface area contributed by atoms with Crippen LogP contribution in [0, 0.1) is 13.7 Å². The molecule has 0 amide bonds. The number of rotatable bonds is 3. The standard InChI is InChI=1S/C13H9IN2O2/c14-13-7-2-1-4-10(13)9-15-11-5-3-6-12(8-11)16(17)18/h1-9H. The van der Waals surface area contributed by atoms with Crippen molar-refractivity contribution in [3.8, 4) is 0 Å². The lowest BCUT2D eigenvalue weighted by Crippen LogP contribution is -1.87. The number of nitro benzene ring substituents is 1. The maximum Gasteiger partial charge on any atom is 0.271 e. The molecule has 0 aliphatic rings. The number of nitrogens with zero attached hydrogens (tertiary/aromatic N) is 2. The largest absolute Gasteiger partial charge is 0.271 e. The van der Waals surface area contributed by atoms with Crippen LogP contribution in [0.15, 0.2) is 53.5 Å². The summed E-state index contributed by atoms with van der Waals surface area (Å²) in [6.07, 6.45) is 1.71. The summed E-state index contributed by atoms with van der Waals surface area (Å²) >= 11 is 2.22. The quantitative estimate of drug-likeness (QED) is 0.364.